The van der Waals surface area contributed by atoms with E-state index in [0.29, 0.717) is 20.6 Å². The Morgan fingerprint density at radius 3 is 2.39 bits per heavy atom. The van der Waals surface area contributed by atoms with Gasteiger partial charge in [-0.1, -0.05) is 44.0 Å². The summed E-state index contributed by atoms with van der Waals surface area (Å²) in [5.41, 5.74) is 0.141. The van der Waals surface area contributed by atoms with E-state index in [0.717, 1.165) is 11.8 Å². The zero-order valence-electron chi connectivity index (χ0n) is 10.4. The summed E-state index contributed by atoms with van der Waals surface area (Å²) in [5.74, 6) is 0. The smallest absolute Gasteiger partial charge is 0.199 e. The molecular formula is C12H15Cl2NO2S. The van der Waals surface area contributed by atoms with Crippen LogP contribution in [-0.4, -0.2) is 17.0 Å². The zero-order valence-corrected chi connectivity index (χ0v) is 12.7. The first-order chi connectivity index (χ1) is 8.25. The number of carbonyl (C=O) groups excluding carboxylic acids is 1. The number of hydrogen-bond donors (Lipinski definition) is 2. The van der Waals surface area contributed by atoms with E-state index in [2.05, 4.69) is 5.32 Å². The lowest BCUT2D eigenvalue weighted by atomic mass is 10.00. The van der Waals surface area contributed by atoms with Crippen LogP contribution in [0.25, 0.3) is 0 Å². The molecule has 100 valence electrons. The van der Waals surface area contributed by atoms with Crippen LogP contribution in [-0.2, 0) is 4.79 Å². The van der Waals surface area contributed by atoms with Crippen molar-refractivity contribution in [1.29, 1.82) is 0 Å². The first kappa shape index (κ1) is 15.6. The maximum atomic E-state index is 12.0. The predicted molar refractivity (Wildman–Crippen MR) is 77.5 cm³/mol. The summed E-state index contributed by atoms with van der Waals surface area (Å²) in [6.07, 6.45) is 0. The van der Waals surface area contributed by atoms with E-state index in [1.807, 2.05) is 20.8 Å². The van der Waals surface area contributed by atoms with Gasteiger partial charge in [0, 0.05) is 10.3 Å². The second-order valence-electron chi connectivity index (χ2n) is 4.74. The van der Waals surface area contributed by atoms with Gasteiger partial charge in [-0.2, -0.15) is 0 Å². The normalized spacial score (nSPS) is 11.4. The van der Waals surface area contributed by atoms with Crippen molar-refractivity contribution in [3.8, 4) is 0 Å². The number of thioether (sulfide) groups is 1. The summed E-state index contributed by atoms with van der Waals surface area (Å²) < 4.78 is 0. The fraction of sp³-hybridized carbons (Fsp3) is 0.417. The summed E-state index contributed by atoms with van der Waals surface area (Å²) in [7, 11) is 0. The minimum absolute atomic E-state index is 0.0156. The Bertz CT molecular complexity index is 458. The van der Waals surface area contributed by atoms with Crippen LogP contribution in [0.5, 0.6) is 0 Å². The van der Waals surface area contributed by atoms with Crippen LogP contribution in [0, 0.1) is 5.41 Å². The molecule has 0 heterocycles. The number of anilines is 1. The van der Waals surface area contributed by atoms with Crippen molar-refractivity contribution < 1.29 is 9.90 Å². The molecular weight excluding hydrogens is 293 g/mol. The Labute approximate surface area is 121 Å². The predicted octanol–water partition coefficient (Wildman–Crippen LogP) is 4.02. The monoisotopic (exact) mass is 307 g/mol. The number of nitrogens with one attached hydrogen (secondary N) is 1. The quantitative estimate of drug-likeness (QED) is 0.654. The molecule has 0 fully saturated rings. The van der Waals surface area contributed by atoms with Crippen LogP contribution in [0.3, 0.4) is 0 Å². The molecule has 0 amide bonds. The van der Waals surface area contributed by atoms with Crippen molar-refractivity contribution in [2.24, 2.45) is 5.41 Å². The highest BCUT2D eigenvalue weighted by Gasteiger charge is 2.23. The van der Waals surface area contributed by atoms with Crippen molar-refractivity contribution in [3.05, 3.63) is 22.2 Å². The minimum Gasteiger partial charge on any atom is -0.377 e. The molecule has 3 nitrogen and oxygen atoms in total. The maximum Gasteiger partial charge on any atom is 0.199 e. The van der Waals surface area contributed by atoms with Crippen molar-refractivity contribution in [3.63, 3.8) is 0 Å². The molecule has 2 N–H and O–H groups in total. The largest absolute Gasteiger partial charge is 0.377 e. The van der Waals surface area contributed by atoms with E-state index >= 15 is 0 Å². The van der Waals surface area contributed by atoms with Crippen molar-refractivity contribution in [2.45, 2.75) is 25.7 Å². The van der Waals surface area contributed by atoms with Crippen molar-refractivity contribution >= 4 is 45.8 Å². The third-order valence-electron chi connectivity index (χ3n) is 2.11. The van der Waals surface area contributed by atoms with E-state index in [-0.39, 0.29) is 11.8 Å². The number of aliphatic hydroxyl groups is 1. The van der Waals surface area contributed by atoms with Gasteiger partial charge in [0.15, 0.2) is 5.12 Å². The van der Waals surface area contributed by atoms with E-state index in [1.54, 1.807) is 12.1 Å². The van der Waals surface area contributed by atoms with Gasteiger partial charge in [0.05, 0.1) is 15.7 Å². The zero-order chi connectivity index (χ0) is 13.9. The van der Waals surface area contributed by atoms with E-state index in [9.17, 15) is 4.79 Å². The topological polar surface area (TPSA) is 49.3 Å². The van der Waals surface area contributed by atoms with Gasteiger partial charge in [-0.15, -0.1) is 0 Å². The summed E-state index contributed by atoms with van der Waals surface area (Å²) in [6.45, 7) is 5.30. The second-order valence-corrected chi connectivity index (χ2v) is 6.57. The molecule has 0 radical (unpaired) electrons. The molecule has 18 heavy (non-hydrogen) atoms. The van der Waals surface area contributed by atoms with Crippen LogP contribution in [0.1, 0.15) is 20.8 Å². The molecule has 0 bridgehead atoms. The van der Waals surface area contributed by atoms with Crippen LogP contribution >= 0.6 is 35.0 Å². The average molecular weight is 308 g/mol. The van der Waals surface area contributed by atoms with Crippen LogP contribution in [0.2, 0.25) is 10.0 Å². The van der Waals surface area contributed by atoms with E-state index < -0.39 is 5.41 Å². The van der Waals surface area contributed by atoms with Crippen LogP contribution < -0.4 is 5.32 Å². The Hall–Kier alpha value is -0.420. The minimum atomic E-state index is -0.451. The molecule has 0 aliphatic heterocycles. The fourth-order valence-electron chi connectivity index (χ4n) is 1.09. The highest BCUT2D eigenvalue weighted by atomic mass is 35.5. The third kappa shape index (κ3) is 4.05. The lowest BCUT2D eigenvalue weighted by Crippen LogP contribution is -2.16. The Kier molecular flexibility index (Phi) is 5.34. The molecule has 0 aromatic heterocycles. The molecule has 0 unspecified atom stereocenters. The number of halogens is 2. The second kappa shape index (κ2) is 6.15. The molecule has 0 saturated heterocycles. The lowest BCUT2D eigenvalue weighted by Gasteiger charge is -2.17. The average Bonchev–Trinajstić information content (AvgIpc) is 2.24. The molecule has 1 aromatic carbocycles. The highest BCUT2D eigenvalue weighted by Crippen LogP contribution is 2.38. The lowest BCUT2D eigenvalue weighted by molar-refractivity contribution is -0.117. The Morgan fingerprint density at radius 1 is 1.33 bits per heavy atom. The van der Waals surface area contributed by atoms with Gasteiger partial charge in [0.1, 0.15) is 6.73 Å². The van der Waals surface area contributed by atoms with Gasteiger partial charge < -0.3 is 10.4 Å². The summed E-state index contributed by atoms with van der Waals surface area (Å²) in [4.78, 5) is 12.6. The van der Waals surface area contributed by atoms with Gasteiger partial charge in [-0.25, -0.2) is 0 Å². The summed E-state index contributed by atoms with van der Waals surface area (Å²) in [5, 5.41) is 12.4. The molecule has 6 heteroatoms. The number of hydrogen-bond acceptors (Lipinski definition) is 4. The van der Waals surface area contributed by atoms with Gasteiger partial charge in [-0.05, 0) is 23.9 Å². The van der Waals surface area contributed by atoms with Crippen molar-refractivity contribution in [1.82, 2.24) is 0 Å². The fourth-order valence-corrected chi connectivity index (χ4v) is 2.41. The van der Waals surface area contributed by atoms with E-state index in [4.69, 9.17) is 28.3 Å². The third-order valence-corrected chi connectivity index (χ3v) is 4.18. The number of benzene rings is 1. The molecule has 0 saturated carbocycles. The van der Waals surface area contributed by atoms with Gasteiger partial charge in [0.25, 0.3) is 0 Å². The first-order valence-electron chi connectivity index (χ1n) is 5.31. The standard InChI is InChI=1S/C12H15Cl2NO2S/c1-12(2,3)11(17)18-10-5-8(14)7(13)4-9(10)15-6-16/h4-5,15-16H,6H2,1-3H3. The van der Waals surface area contributed by atoms with Gasteiger partial charge >= 0.3 is 0 Å². The number of rotatable bonds is 3. The molecule has 0 atom stereocenters. The van der Waals surface area contributed by atoms with Crippen LogP contribution in [0.15, 0.2) is 17.0 Å². The molecule has 1 aromatic rings. The molecule has 0 spiro atoms. The van der Waals surface area contributed by atoms with Crippen LogP contribution in [0.4, 0.5) is 5.69 Å². The Morgan fingerprint density at radius 2 is 1.89 bits per heavy atom. The summed E-state index contributed by atoms with van der Waals surface area (Å²) in [6, 6.07) is 3.22. The van der Waals surface area contributed by atoms with Crippen molar-refractivity contribution in [2.75, 3.05) is 12.0 Å². The SMILES string of the molecule is CC(C)(C)C(=O)Sc1cc(Cl)c(Cl)cc1NCO. The summed E-state index contributed by atoms with van der Waals surface area (Å²) >= 11 is 12.9. The van der Waals surface area contributed by atoms with E-state index in [1.165, 1.54) is 0 Å². The molecule has 0 aliphatic carbocycles. The van der Waals surface area contributed by atoms with Gasteiger partial charge in [0.2, 0.25) is 0 Å². The molecule has 1 rings (SSSR count). The number of carbonyl (C=O) groups is 1. The first-order valence-corrected chi connectivity index (χ1v) is 6.89. The maximum absolute atomic E-state index is 12.0. The number of aliphatic hydroxyl groups excluding tert-OH is 1. The Balaban J connectivity index is 3.07. The highest BCUT2D eigenvalue weighted by molar-refractivity contribution is 8.13. The molecule has 0 aliphatic rings. The van der Waals surface area contributed by atoms with Gasteiger partial charge in [-0.3, -0.25) is 4.79 Å².